The van der Waals surface area contributed by atoms with E-state index in [1.807, 2.05) is 0 Å². The van der Waals surface area contributed by atoms with Crippen LogP contribution in [-0.4, -0.2) is 11.0 Å². The number of halogens is 1. The van der Waals surface area contributed by atoms with Gasteiger partial charge in [-0.25, -0.2) is 4.39 Å². The van der Waals surface area contributed by atoms with E-state index >= 15 is 0 Å². The Kier molecular flexibility index (Phi) is 8.43. The van der Waals surface area contributed by atoms with E-state index < -0.39 is 0 Å². The first-order chi connectivity index (χ1) is 9.63. The number of hydrogen-bond acceptors (Lipinski definition) is 2. The molecule has 1 atom stereocenters. The quantitative estimate of drug-likeness (QED) is 0.609. The van der Waals surface area contributed by atoms with Gasteiger partial charge in [-0.05, 0) is 18.6 Å². The largest absolute Gasteiger partial charge is 0.306 e. The molecule has 114 valence electrons. The fraction of sp³-hybridized carbons (Fsp3) is 0.706. The summed E-state index contributed by atoms with van der Waals surface area (Å²) in [5.41, 5.74) is 0.952. The topological polar surface area (TPSA) is 24.9 Å². The summed E-state index contributed by atoms with van der Waals surface area (Å²) >= 11 is 0. The molecule has 0 aliphatic heterocycles. The monoisotopic (exact) mass is 280 g/mol. The Morgan fingerprint density at radius 2 is 1.80 bits per heavy atom. The molecular weight excluding hydrogens is 251 g/mol. The van der Waals surface area contributed by atoms with Crippen molar-refractivity contribution in [3.05, 3.63) is 29.8 Å². The molecule has 2 nitrogen and oxygen atoms in total. The highest BCUT2D eigenvalue weighted by Crippen LogP contribution is 2.19. The van der Waals surface area contributed by atoms with Crippen molar-refractivity contribution in [2.75, 3.05) is 0 Å². The molecule has 0 fully saturated rings. The maximum atomic E-state index is 13.0. The lowest BCUT2D eigenvalue weighted by Gasteiger charge is -2.21. The molecule has 20 heavy (non-hydrogen) atoms. The molecule has 0 aromatic carbocycles. The van der Waals surface area contributed by atoms with Crippen LogP contribution < -0.4 is 5.32 Å². The van der Waals surface area contributed by atoms with E-state index in [1.165, 1.54) is 50.8 Å². The van der Waals surface area contributed by atoms with Gasteiger partial charge in [0.25, 0.3) is 0 Å². The first kappa shape index (κ1) is 17.1. The Bertz CT molecular complexity index is 349. The van der Waals surface area contributed by atoms with Crippen LogP contribution in [0.15, 0.2) is 18.3 Å². The lowest BCUT2D eigenvalue weighted by atomic mass is 10.0. The molecule has 0 bridgehead atoms. The third-order valence-electron chi connectivity index (χ3n) is 3.49. The summed E-state index contributed by atoms with van der Waals surface area (Å²) in [6.07, 6.45) is 10.1. The molecule has 0 aliphatic carbocycles. The van der Waals surface area contributed by atoms with Gasteiger partial charge in [0, 0.05) is 12.1 Å². The van der Waals surface area contributed by atoms with Crippen molar-refractivity contribution in [2.24, 2.45) is 0 Å². The SMILES string of the molecule is CCCCCCCCC(NC(C)C)c1ccc(F)cn1. The van der Waals surface area contributed by atoms with Gasteiger partial charge < -0.3 is 5.32 Å². The Morgan fingerprint density at radius 3 is 2.40 bits per heavy atom. The lowest BCUT2D eigenvalue weighted by molar-refractivity contribution is 0.423. The standard InChI is InChI=1S/C17H29FN2/c1-4-5-6-7-8-9-10-17(20-14(2)3)16-12-11-15(18)13-19-16/h11-14,17,20H,4-10H2,1-3H3. The van der Waals surface area contributed by atoms with Crippen LogP contribution in [0.3, 0.4) is 0 Å². The van der Waals surface area contributed by atoms with E-state index in [2.05, 4.69) is 31.1 Å². The van der Waals surface area contributed by atoms with E-state index in [0.717, 1.165) is 12.1 Å². The predicted molar refractivity (Wildman–Crippen MR) is 83.2 cm³/mol. The average molecular weight is 280 g/mol. The molecule has 1 aromatic rings. The zero-order valence-corrected chi connectivity index (χ0v) is 13.2. The summed E-state index contributed by atoms with van der Waals surface area (Å²) in [6, 6.07) is 3.94. The number of nitrogens with one attached hydrogen (secondary N) is 1. The Morgan fingerprint density at radius 1 is 1.10 bits per heavy atom. The summed E-state index contributed by atoms with van der Waals surface area (Å²) in [6.45, 7) is 6.51. The summed E-state index contributed by atoms with van der Waals surface area (Å²) < 4.78 is 13.0. The normalized spacial score (nSPS) is 12.8. The van der Waals surface area contributed by atoms with Gasteiger partial charge in [0.2, 0.25) is 0 Å². The zero-order valence-electron chi connectivity index (χ0n) is 13.2. The minimum Gasteiger partial charge on any atom is -0.306 e. The molecule has 1 rings (SSSR count). The third-order valence-corrected chi connectivity index (χ3v) is 3.49. The summed E-state index contributed by atoms with van der Waals surface area (Å²) in [5, 5.41) is 3.53. The highest BCUT2D eigenvalue weighted by atomic mass is 19.1. The Hall–Kier alpha value is -0.960. The molecule has 1 heterocycles. The van der Waals surface area contributed by atoms with Gasteiger partial charge in [-0.15, -0.1) is 0 Å². The molecule has 3 heteroatoms. The second kappa shape index (κ2) is 9.87. The smallest absolute Gasteiger partial charge is 0.141 e. The fourth-order valence-corrected chi connectivity index (χ4v) is 2.44. The van der Waals surface area contributed by atoms with Gasteiger partial charge in [-0.2, -0.15) is 0 Å². The minimum absolute atomic E-state index is 0.238. The summed E-state index contributed by atoms with van der Waals surface area (Å²) in [4.78, 5) is 4.22. The summed E-state index contributed by atoms with van der Waals surface area (Å²) in [7, 11) is 0. The lowest BCUT2D eigenvalue weighted by Crippen LogP contribution is -2.28. The maximum absolute atomic E-state index is 13.0. The van der Waals surface area contributed by atoms with Crippen molar-refractivity contribution in [3.8, 4) is 0 Å². The molecule has 0 saturated carbocycles. The highest BCUT2D eigenvalue weighted by Gasteiger charge is 2.13. The third kappa shape index (κ3) is 6.99. The van der Waals surface area contributed by atoms with Crippen LogP contribution >= 0.6 is 0 Å². The first-order valence-corrected chi connectivity index (χ1v) is 8.01. The molecule has 1 N–H and O–H groups in total. The van der Waals surface area contributed by atoms with Crippen molar-refractivity contribution < 1.29 is 4.39 Å². The second-order valence-electron chi connectivity index (χ2n) is 5.83. The number of hydrogen-bond donors (Lipinski definition) is 1. The minimum atomic E-state index is -0.267. The van der Waals surface area contributed by atoms with Gasteiger partial charge in [-0.1, -0.05) is 59.3 Å². The van der Waals surface area contributed by atoms with Gasteiger partial charge in [0.15, 0.2) is 0 Å². The molecule has 0 spiro atoms. The average Bonchev–Trinajstić information content (AvgIpc) is 2.42. The Balaban J connectivity index is 2.42. The molecule has 1 aromatic heterocycles. The van der Waals surface area contributed by atoms with Crippen molar-refractivity contribution in [1.29, 1.82) is 0 Å². The van der Waals surface area contributed by atoms with E-state index in [4.69, 9.17) is 0 Å². The molecular formula is C17H29FN2. The van der Waals surface area contributed by atoms with Crippen LogP contribution in [-0.2, 0) is 0 Å². The van der Waals surface area contributed by atoms with Crippen molar-refractivity contribution >= 4 is 0 Å². The van der Waals surface area contributed by atoms with Crippen LogP contribution in [0.5, 0.6) is 0 Å². The molecule has 0 radical (unpaired) electrons. The number of nitrogens with zero attached hydrogens (tertiary/aromatic N) is 1. The van der Waals surface area contributed by atoms with Crippen molar-refractivity contribution in [1.82, 2.24) is 10.3 Å². The second-order valence-corrected chi connectivity index (χ2v) is 5.83. The van der Waals surface area contributed by atoms with Gasteiger partial charge in [-0.3, -0.25) is 4.98 Å². The maximum Gasteiger partial charge on any atom is 0.141 e. The van der Waals surface area contributed by atoms with E-state index in [9.17, 15) is 4.39 Å². The van der Waals surface area contributed by atoms with Gasteiger partial charge in [0.05, 0.1) is 11.9 Å². The molecule has 0 saturated heterocycles. The first-order valence-electron chi connectivity index (χ1n) is 8.01. The molecule has 1 unspecified atom stereocenters. The van der Waals surface area contributed by atoms with E-state index in [1.54, 1.807) is 6.07 Å². The summed E-state index contributed by atoms with van der Waals surface area (Å²) in [5.74, 6) is -0.267. The van der Waals surface area contributed by atoms with Crippen LogP contribution in [0.2, 0.25) is 0 Å². The van der Waals surface area contributed by atoms with Crippen LogP contribution in [0.25, 0.3) is 0 Å². The number of unbranched alkanes of at least 4 members (excludes halogenated alkanes) is 5. The molecule has 0 amide bonds. The van der Waals surface area contributed by atoms with Crippen LogP contribution in [0, 0.1) is 5.82 Å². The number of pyridine rings is 1. The van der Waals surface area contributed by atoms with Crippen molar-refractivity contribution in [3.63, 3.8) is 0 Å². The van der Waals surface area contributed by atoms with Crippen molar-refractivity contribution in [2.45, 2.75) is 77.8 Å². The van der Waals surface area contributed by atoms with Gasteiger partial charge >= 0.3 is 0 Å². The Labute approximate surface area is 123 Å². The highest BCUT2D eigenvalue weighted by molar-refractivity contribution is 5.10. The molecule has 0 aliphatic rings. The van der Waals surface area contributed by atoms with Gasteiger partial charge in [0.1, 0.15) is 5.82 Å². The number of rotatable bonds is 10. The zero-order chi connectivity index (χ0) is 14.8. The van der Waals surface area contributed by atoms with Crippen LogP contribution in [0.1, 0.15) is 77.5 Å². The van der Waals surface area contributed by atoms with Crippen LogP contribution in [0.4, 0.5) is 4.39 Å². The van der Waals surface area contributed by atoms with E-state index in [0.29, 0.717) is 6.04 Å². The predicted octanol–water partition coefficient (Wildman–Crippen LogP) is 5.01. The fourth-order valence-electron chi connectivity index (χ4n) is 2.44. The van der Waals surface area contributed by atoms with E-state index in [-0.39, 0.29) is 11.9 Å². The number of aromatic nitrogens is 1.